The zero-order valence-corrected chi connectivity index (χ0v) is 19.4. The molecule has 0 spiro atoms. The van der Waals surface area contributed by atoms with E-state index in [1.165, 1.54) is 6.07 Å². The molecule has 32 heavy (non-hydrogen) atoms. The molecule has 170 valence electrons. The lowest BCUT2D eigenvalue weighted by Gasteiger charge is -2.30. The lowest BCUT2D eigenvalue weighted by Crippen LogP contribution is -2.41. The fourth-order valence-electron chi connectivity index (χ4n) is 3.95. The summed E-state index contributed by atoms with van der Waals surface area (Å²) in [5, 5.41) is 1.24. The molecule has 5 nitrogen and oxygen atoms in total. The van der Waals surface area contributed by atoms with E-state index in [0.29, 0.717) is 29.7 Å². The summed E-state index contributed by atoms with van der Waals surface area (Å²) < 4.78 is 21.3. The number of hydrogen-bond donors (Lipinski definition) is 0. The van der Waals surface area contributed by atoms with Gasteiger partial charge in [0.15, 0.2) is 0 Å². The zero-order valence-electron chi connectivity index (χ0n) is 17.9. The van der Waals surface area contributed by atoms with Crippen LogP contribution in [0.15, 0.2) is 54.9 Å². The molecule has 1 fully saturated rings. The third-order valence-electron chi connectivity index (χ3n) is 5.57. The average molecular weight is 477 g/mol. The molecule has 4 rings (SSSR count). The molecule has 2 heterocycles. The molecule has 0 saturated carbocycles. The lowest BCUT2D eigenvalue weighted by atomic mass is 10.2. The fourth-order valence-corrected chi connectivity index (χ4v) is 4.52. The predicted molar refractivity (Wildman–Crippen MR) is 126 cm³/mol. The van der Waals surface area contributed by atoms with Crippen LogP contribution in [0.3, 0.4) is 0 Å². The molecule has 1 aliphatic rings. The van der Waals surface area contributed by atoms with Gasteiger partial charge in [-0.25, -0.2) is 9.37 Å². The Morgan fingerprint density at radius 1 is 1.00 bits per heavy atom. The van der Waals surface area contributed by atoms with Crippen LogP contribution in [0.25, 0.3) is 0 Å². The molecule has 1 saturated heterocycles. The molecule has 0 atom stereocenters. The van der Waals surface area contributed by atoms with Crippen molar-refractivity contribution >= 4 is 23.2 Å². The molecule has 0 amide bonds. The topological polar surface area (TPSA) is 33.5 Å². The quantitative estimate of drug-likeness (QED) is 0.447. The van der Waals surface area contributed by atoms with E-state index in [4.69, 9.17) is 27.9 Å². The van der Waals surface area contributed by atoms with Crippen molar-refractivity contribution in [1.29, 1.82) is 0 Å². The van der Waals surface area contributed by atoms with Crippen LogP contribution >= 0.6 is 23.2 Å². The number of morpholine rings is 1. The highest BCUT2D eigenvalue weighted by atomic mass is 35.5. The predicted octanol–water partition coefficient (Wildman–Crippen LogP) is 4.71. The summed E-state index contributed by atoms with van der Waals surface area (Å²) in [7, 11) is 0. The van der Waals surface area contributed by atoms with Crippen LogP contribution in [0.5, 0.6) is 0 Å². The maximum atomic E-state index is 13.8. The summed E-state index contributed by atoms with van der Waals surface area (Å²) in [4.78, 5) is 9.32. The minimum atomic E-state index is -0.213. The van der Waals surface area contributed by atoms with Crippen LogP contribution in [-0.4, -0.2) is 58.7 Å². The lowest BCUT2D eigenvalue weighted by molar-refractivity contribution is 0.0323. The van der Waals surface area contributed by atoms with Crippen LogP contribution in [-0.2, 0) is 24.4 Å². The second kappa shape index (κ2) is 11.3. The summed E-state index contributed by atoms with van der Waals surface area (Å²) in [6.45, 7) is 7.16. The number of rotatable bonds is 9. The second-order valence-electron chi connectivity index (χ2n) is 8.04. The Morgan fingerprint density at radius 3 is 2.53 bits per heavy atom. The molecule has 1 aromatic heterocycles. The van der Waals surface area contributed by atoms with E-state index in [1.54, 1.807) is 18.2 Å². The maximum absolute atomic E-state index is 13.8. The average Bonchev–Trinajstić information content (AvgIpc) is 3.18. The minimum Gasteiger partial charge on any atom is -0.379 e. The first kappa shape index (κ1) is 23.2. The molecule has 0 aliphatic carbocycles. The van der Waals surface area contributed by atoms with Crippen molar-refractivity contribution in [3.63, 3.8) is 0 Å². The Labute approximate surface area is 198 Å². The fraction of sp³-hybridized carbons (Fsp3) is 0.375. The minimum absolute atomic E-state index is 0.213. The SMILES string of the molecule is Fc1cccc(CN(CCN2CCOCC2)Cc2nccn2Cc2cc(Cl)cc(Cl)c2)c1. The molecule has 1 aliphatic heterocycles. The van der Waals surface area contributed by atoms with Gasteiger partial charge in [0.25, 0.3) is 0 Å². The number of hydrogen-bond acceptors (Lipinski definition) is 4. The van der Waals surface area contributed by atoms with Gasteiger partial charge in [0, 0.05) is 61.7 Å². The summed E-state index contributed by atoms with van der Waals surface area (Å²) in [5.41, 5.74) is 1.97. The highest BCUT2D eigenvalue weighted by Crippen LogP contribution is 2.20. The Kier molecular flexibility index (Phi) is 8.16. The van der Waals surface area contributed by atoms with E-state index in [1.807, 2.05) is 30.6 Å². The molecule has 2 aromatic carbocycles. The number of halogens is 3. The zero-order chi connectivity index (χ0) is 22.3. The maximum Gasteiger partial charge on any atom is 0.123 e. The molecule has 8 heteroatoms. The van der Waals surface area contributed by atoms with Crippen LogP contribution in [0.4, 0.5) is 4.39 Å². The molecule has 0 unspecified atom stereocenters. The van der Waals surface area contributed by atoms with Gasteiger partial charge in [-0.2, -0.15) is 0 Å². The molecular weight excluding hydrogens is 450 g/mol. The Bertz CT molecular complexity index is 1000. The normalized spacial score (nSPS) is 14.9. The van der Waals surface area contributed by atoms with E-state index in [9.17, 15) is 4.39 Å². The number of nitrogens with zero attached hydrogens (tertiary/aromatic N) is 4. The summed E-state index contributed by atoms with van der Waals surface area (Å²) in [5.74, 6) is 0.731. The van der Waals surface area contributed by atoms with Gasteiger partial charge in [0.2, 0.25) is 0 Å². The van der Waals surface area contributed by atoms with Crippen LogP contribution in [0.1, 0.15) is 17.0 Å². The van der Waals surface area contributed by atoms with Gasteiger partial charge in [0.05, 0.1) is 19.8 Å². The molecule has 3 aromatic rings. The van der Waals surface area contributed by atoms with Gasteiger partial charge < -0.3 is 9.30 Å². The third kappa shape index (κ3) is 6.77. The number of aromatic nitrogens is 2. The van der Waals surface area contributed by atoms with Crippen molar-refractivity contribution in [2.24, 2.45) is 0 Å². The second-order valence-corrected chi connectivity index (χ2v) is 8.92. The summed E-state index contributed by atoms with van der Waals surface area (Å²) >= 11 is 12.3. The largest absolute Gasteiger partial charge is 0.379 e. The van der Waals surface area contributed by atoms with Crippen molar-refractivity contribution < 1.29 is 9.13 Å². The monoisotopic (exact) mass is 476 g/mol. The van der Waals surface area contributed by atoms with Crippen molar-refractivity contribution in [3.05, 3.63) is 87.7 Å². The molecular formula is C24H27Cl2FN4O. The van der Waals surface area contributed by atoms with E-state index in [2.05, 4.69) is 19.4 Å². The molecule has 0 bridgehead atoms. The van der Waals surface area contributed by atoms with Gasteiger partial charge >= 0.3 is 0 Å². The van der Waals surface area contributed by atoms with Crippen LogP contribution in [0.2, 0.25) is 10.0 Å². The van der Waals surface area contributed by atoms with E-state index in [-0.39, 0.29) is 5.82 Å². The van der Waals surface area contributed by atoms with E-state index >= 15 is 0 Å². The standard InChI is InChI=1S/C24H27Cl2FN4O/c25-21-12-20(13-22(26)15-21)17-31-5-4-28-24(31)18-30(7-6-29-8-10-32-11-9-29)16-19-2-1-3-23(27)14-19/h1-5,12-15H,6-11,16-18H2. The van der Waals surface area contributed by atoms with Crippen molar-refractivity contribution in [1.82, 2.24) is 19.4 Å². The Morgan fingerprint density at radius 2 is 1.78 bits per heavy atom. The van der Waals surface area contributed by atoms with Gasteiger partial charge in [-0.05, 0) is 41.5 Å². The van der Waals surface area contributed by atoms with E-state index in [0.717, 1.165) is 56.3 Å². The Balaban J connectivity index is 1.47. The first-order valence-corrected chi connectivity index (χ1v) is 11.5. The summed E-state index contributed by atoms with van der Waals surface area (Å²) in [6, 6.07) is 12.4. The number of benzene rings is 2. The van der Waals surface area contributed by atoms with E-state index < -0.39 is 0 Å². The highest BCUT2D eigenvalue weighted by Gasteiger charge is 2.16. The van der Waals surface area contributed by atoms with Crippen LogP contribution < -0.4 is 0 Å². The molecule has 0 N–H and O–H groups in total. The first-order chi connectivity index (χ1) is 15.5. The van der Waals surface area contributed by atoms with Gasteiger partial charge in [-0.3, -0.25) is 9.80 Å². The van der Waals surface area contributed by atoms with Gasteiger partial charge in [-0.15, -0.1) is 0 Å². The van der Waals surface area contributed by atoms with Crippen molar-refractivity contribution in [2.45, 2.75) is 19.6 Å². The van der Waals surface area contributed by atoms with Gasteiger partial charge in [-0.1, -0.05) is 35.3 Å². The number of imidazole rings is 1. The van der Waals surface area contributed by atoms with Gasteiger partial charge in [0.1, 0.15) is 11.6 Å². The Hall–Kier alpha value is -1.96. The molecule has 0 radical (unpaired) electrons. The smallest absolute Gasteiger partial charge is 0.123 e. The van der Waals surface area contributed by atoms with Crippen molar-refractivity contribution in [3.8, 4) is 0 Å². The van der Waals surface area contributed by atoms with Crippen LogP contribution in [0, 0.1) is 5.82 Å². The highest BCUT2D eigenvalue weighted by molar-refractivity contribution is 6.34. The number of ether oxygens (including phenoxy) is 1. The summed E-state index contributed by atoms with van der Waals surface area (Å²) in [6.07, 6.45) is 3.77. The van der Waals surface area contributed by atoms with Crippen molar-refractivity contribution in [2.75, 3.05) is 39.4 Å². The third-order valence-corrected chi connectivity index (χ3v) is 6.01. The first-order valence-electron chi connectivity index (χ1n) is 10.8.